The van der Waals surface area contributed by atoms with Gasteiger partial charge in [-0.25, -0.2) is 19.3 Å². The van der Waals surface area contributed by atoms with Gasteiger partial charge >= 0.3 is 0 Å². The van der Waals surface area contributed by atoms with Crippen molar-refractivity contribution >= 4 is 5.95 Å². The molecule has 1 saturated heterocycles. The van der Waals surface area contributed by atoms with Crippen LogP contribution in [0.1, 0.15) is 11.6 Å². The highest BCUT2D eigenvalue weighted by molar-refractivity contribution is 5.55. The molecular formula is C21H23FN6O2. The summed E-state index contributed by atoms with van der Waals surface area (Å²) in [4.78, 5) is 29.7. The Morgan fingerprint density at radius 1 is 1.13 bits per heavy atom. The third-order valence-corrected chi connectivity index (χ3v) is 5.44. The summed E-state index contributed by atoms with van der Waals surface area (Å²) >= 11 is 0. The minimum atomic E-state index is -0.340. The molecule has 8 nitrogen and oxygen atoms in total. The minimum absolute atomic E-state index is 0.0473. The van der Waals surface area contributed by atoms with Gasteiger partial charge in [0.05, 0.1) is 24.5 Å². The van der Waals surface area contributed by atoms with E-state index >= 15 is 0 Å². The predicted molar refractivity (Wildman–Crippen MR) is 111 cm³/mol. The standard InChI is InChI=1S/C21H23FN6O2/c1-26-8-9-28(12-18(26)15-5-4-14(22)10-19(15)30-3)21-25-17(11-20(29)27(21)2)16-6-7-23-13-24-16/h4-7,10-11,13,18H,8-9,12H2,1-3H3. The second-order valence-corrected chi connectivity index (χ2v) is 7.26. The summed E-state index contributed by atoms with van der Waals surface area (Å²) in [6.07, 6.45) is 3.05. The van der Waals surface area contributed by atoms with Crippen molar-refractivity contribution in [2.75, 3.05) is 38.7 Å². The number of piperazine rings is 1. The fourth-order valence-electron chi connectivity index (χ4n) is 3.74. The zero-order valence-corrected chi connectivity index (χ0v) is 17.1. The highest BCUT2D eigenvalue weighted by atomic mass is 19.1. The second-order valence-electron chi connectivity index (χ2n) is 7.26. The number of halogens is 1. The molecule has 1 atom stereocenters. The maximum atomic E-state index is 13.7. The molecule has 156 valence electrons. The Morgan fingerprint density at radius 2 is 1.97 bits per heavy atom. The van der Waals surface area contributed by atoms with Crippen molar-refractivity contribution in [3.63, 3.8) is 0 Å². The molecule has 9 heteroatoms. The smallest absolute Gasteiger partial charge is 0.255 e. The lowest BCUT2D eigenvalue weighted by molar-refractivity contribution is 0.214. The molecule has 0 aliphatic carbocycles. The molecule has 3 aromatic rings. The van der Waals surface area contributed by atoms with Crippen LogP contribution in [0, 0.1) is 5.82 Å². The van der Waals surface area contributed by atoms with E-state index in [0.717, 1.165) is 12.1 Å². The van der Waals surface area contributed by atoms with Gasteiger partial charge in [0.15, 0.2) is 0 Å². The molecule has 3 heterocycles. The summed E-state index contributed by atoms with van der Waals surface area (Å²) in [5.74, 6) is 0.730. The molecule has 1 aliphatic rings. The van der Waals surface area contributed by atoms with Crippen molar-refractivity contribution in [2.45, 2.75) is 6.04 Å². The average Bonchev–Trinajstić information content (AvgIpc) is 2.76. The van der Waals surface area contributed by atoms with Gasteiger partial charge in [-0.3, -0.25) is 14.3 Å². The number of methoxy groups -OCH3 is 1. The molecule has 0 saturated carbocycles. The lowest BCUT2D eigenvalue weighted by Gasteiger charge is -2.40. The van der Waals surface area contributed by atoms with E-state index in [9.17, 15) is 9.18 Å². The topological polar surface area (TPSA) is 76.4 Å². The Morgan fingerprint density at radius 3 is 2.70 bits per heavy atom. The maximum Gasteiger partial charge on any atom is 0.255 e. The van der Waals surface area contributed by atoms with Crippen LogP contribution in [0.4, 0.5) is 10.3 Å². The van der Waals surface area contributed by atoms with Gasteiger partial charge in [0.1, 0.15) is 17.9 Å². The van der Waals surface area contributed by atoms with Crippen LogP contribution in [0.5, 0.6) is 5.75 Å². The number of benzene rings is 1. The van der Waals surface area contributed by atoms with E-state index in [1.807, 2.05) is 7.05 Å². The van der Waals surface area contributed by atoms with Crippen molar-refractivity contribution < 1.29 is 9.13 Å². The van der Waals surface area contributed by atoms with Crippen LogP contribution in [0.3, 0.4) is 0 Å². The van der Waals surface area contributed by atoms with E-state index in [4.69, 9.17) is 9.72 Å². The van der Waals surface area contributed by atoms with Gasteiger partial charge in [-0.2, -0.15) is 0 Å². The molecule has 0 spiro atoms. The van der Waals surface area contributed by atoms with Crippen molar-refractivity contribution in [1.82, 2.24) is 24.4 Å². The first-order valence-electron chi connectivity index (χ1n) is 9.61. The van der Waals surface area contributed by atoms with Gasteiger partial charge in [0.25, 0.3) is 5.56 Å². The van der Waals surface area contributed by atoms with Gasteiger partial charge in [0, 0.05) is 50.6 Å². The molecule has 30 heavy (non-hydrogen) atoms. The van der Waals surface area contributed by atoms with Gasteiger partial charge in [0.2, 0.25) is 5.95 Å². The number of anilines is 1. The lowest BCUT2D eigenvalue weighted by atomic mass is 10.0. The molecule has 1 aliphatic heterocycles. The van der Waals surface area contributed by atoms with Crippen molar-refractivity contribution in [3.8, 4) is 17.1 Å². The molecule has 1 fully saturated rings. The second kappa shape index (κ2) is 8.19. The molecule has 0 amide bonds. The van der Waals surface area contributed by atoms with E-state index in [1.165, 1.54) is 36.2 Å². The Hall–Kier alpha value is -3.33. The number of nitrogens with zero attached hydrogens (tertiary/aromatic N) is 6. The Labute approximate surface area is 173 Å². The monoisotopic (exact) mass is 410 g/mol. The molecular weight excluding hydrogens is 387 g/mol. The lowest BCUT2D eigenvalue weighted by Crippen LogP contribution is -2.48. The van der Waals surface area contributed by atoms with Crippen LogP contribution >= 0.6 is 0 Å². The first-order chi connectivity index (χ1) is 14.5. The number of hydrogen-bond donors (Lipinski definition) is 0. The van der Waals surface area contributed by atoms with Crippen molar-refractivity contribution in [2.24, 2.45) is 7.05 Å². The van der Waals surface area contributed by atoms with Crippen LogP contribution < -0.4 is 15.2 Å². The summed E-state index contributed by atoms with van der Waals surface area (Å²) in [7, 11) is 5.27. The Kier molecular flexibility index (Phi) is 5.45. The highest BCUT2D eigenvalue weighted by Gasteiger charge is 2.30. The van der Waals surface area contributed by atoms with Crippen LogP contribution in [0.25, 0.3) is 11.4 Å². The summed E-state index contributed by atoms with van der Waals surface area (Å²) in [5, 5.41) is 0. The Balaban J connectivity index is 1.72. The largest absolute Gasteiger partial charge is 0.496 e. The third kappa shape index (κ3) is 3.76. The summed E-state index contributed by atoms with van der Waals surface area (Å²) in [6.45, 7) is 2.02. The molecule has 2 aromatic heterocycles. The van der Waals surface area contributed by atoms with Crippen LogP contribution in [-0.4, -0.2) is 58.2 Å². The van der Waals surface area contributed by atoms with Gasteiger partial charge in [-0.15, -0.1) is 0 Å². The zero-order chi connectivity index (χ0) is 21.3. The van der Waals surface area contributed by atoms with Crippen molar-refractivity contribution in [1.29, 1.82) is 0 Å². The fraction of sp³-hybridized carbons (Fsp3) is 0.333. The highest BCUT2D eigenvalue weighted by Crippen LogP contribution is 2.33. The minimum Gasteiger partial charge on any atom is -0.496 e. The van der Waals surface area contributed by atoms with Gasteiger partial charge < -0.3 is 9.64 Å². The number of hydrogen-bond acceptors (Lipinski definition) is 7. The number of ether oxygens (including phenoxy) is 1. The van der Waals surface area contributed by atoms with Crippen LogP contribution in [0.2, 0.25) is 0 Å². The number of aromatic nitrogens is 4. The number of rotatable bonds is 4. The first-order valence-corrected chi connectivity index (χ1v) is 9.61. The molecule has 0 radical (unpaired) electrons. The van der Waals surface area contributed by atoms with Crippen molar-refractivity contribution in [3.05, 3.63) is 64.6 Å². The number of likely N-dealkylation sites (N-methyl/N-ethyl adjacent to an activating group) is 1. The third-order valence-electron chi connectivity index (χ3n) is 5.44. The van der Waals surface area contributed by atoms with Crippen LogP contribution in [0.15, 0.2) is 47.7 Å². The van der Waals surface area contributed by atoms with E-state index in [1.54, 1.807) is 25.4 Å². The Bertz CT molecular complexity index is 1100. The maximum absolute atomic E-state index is 13.7. The van der Waals surface area contributed by atoms with Crippen LogP contribution in [-0.2, 0) is 7.05 Å². The summed E-state index contributed by atoms with van der Waals surface area (Å²) in [5.41, 5.74) is 1.83. The fourth-order valence-corrected chi connectivity index (χ4v) is 3.74. The SMILES string of the molecule is COc1cc(F)ccc1C1CN(c2nc(-c3ccncn3)cc(=O)n2C)CCN1C. The average molecular weight is 410 g/mol. The van der Waals surface area contributed by atoms with E-state index in [2.05, 4.69) is 19.8 Å². The van der Waals surface area contributed by atoms with Gasteiger partial charge in [-0.1, -0.05) is 6.07 Å². The molecule has 1 unspecified atom stereocenters. The quantitative estimate of drug-likeness (QED) is 0.650. The molecule has 4 rings (SSSR count). The summed E-state index contributed by atoms with van der Waals surface area (Å²) < 4.78 is 20.6. The van der Waals surface area contributed by atoms with E-state index < -0.39 is 0 Å². The first kappa shape index (κ1) is 20.0. The normalized spacial score (nSPS) is 17.2. The van der Waals surface area contributed by atoms with Gasteiger partial charge in [-0.05, 0) is 19.2 Å². The molecule has 1 aromatic carbocycles. The van der Waals surface area contributed by atoms with E-state index in [0.29, 0.717) is 36.2 Å². The molecule has 0 bridgehead atoms. The predicted octanol–water partition coefficient (Wildman–Crippen LogP) is 1.88. The van der Waals surface area contributed by atoms with E-state index in [-0.39, 0.29) is 17.4 Å². The summed E-state index contributed by atoms with van der Waals surface area (Å²) in [6, 6.07) is 7.74. The molecule has 0 N–H and O–H groups in total. The zero-order valence-electron chi connectivity index (χ0n) is 17.1.